The topological polar surface area (TPSA) is 45.7 Å². The maximum absolute atomic E-state index is 12.4. The van der Waals surface area contributed by atoms with Crippen LogP contribution in [0.25, 0.3) is 0 Å². The van der Waals surface area contributed by atoms with Crippen LogP contribution in [0, 0.1) is 13.8 Å². The average Bonchev–Trinajstić information content (AvgIpc) is 2.66. The van der Waals surface area contributed by atoms with Crippen LogP contribution < -0.4 is 4.74 Å². The third kappa shape index (κ3) is 5.05. The van der Waals surface area contributed by atoms with Gasteiger partial charge in [-0.25, -0.2) is 0 Å². The van der Waals surface area contributed by atoms with E-state index in [0.717, 1.165) is 49.7 Å². The number of carbonyl (C=O) groups is 1. The molecule has 26 heavy (non-hydrogen) atoms. The second-order valence-electron chi connectivity index (χ2n) is 6.85. The van der Waals surface area contributed by atoms with E-state index in [9.17, 15) is 4.79 Å². The highest BCUT2D eigenvalue weighted by Crippen LogP contribution is 2.19. The molecule has 2 aromatic rings. The summed E-state index contributed by atoms with van der Waals surface area (Å²) in [6, 6.07) is 12.1. The molecule has 0 saturated carbocycles. The van der Waals surface area contributed by atoms with Gasteiger partial charge in [0.15, 0.2) is 0 Å². The van der Waals surface area contributed by atoms with Crippen molar-refractivity contribution in [3.8, 4) is 5.75 Å². The SMILES string of the molecule is Cc1ccc(C)c(OCCC(=O)N2CCN(Cc3ccccn3)CC2)c1. The van der Waals surface area contributed by atoms with E-state index in [1.54, 1.807) is 0 Å². The van der Waals surface area contributed by atoms with Crippen molar-refractivity contribution in [2.45, 2.75) is 26.8 Å². The summed E-state index contributed by atoms with van der Waals surface area (Å²) >= 11 is 0. The molecule has 0 N–H and O–H groups in total. The van der Waals surface area contributed by atoms with Crippen LogP contribution >= 0.6 is 0 Å². The standard InChI is InChI=1S/C21H27N3O2/c1-17-6-7-18(2)20(15-17)26-14-8-21(25)24-12-10-23(11-13-24)16-19-5-3-4-9-22-19/h3-7,9,15H,8,10-14,16H2,1-2H3. The Morgan fingerprint density at radius 1 is 1.12 bits per heavy atom. The third-order valence-electron chi connectivity index (χ3n) is 4.75. The van der Waals surface area contributed by atoms with Gasteiger partial charge in [0.2, 0.25) is 5.91 Å². The summed E-state index contributed by atoms with van der Waals surface area (Å²) in [7, 11) is 0. The Hall–Kier alpha value is -2.40. The molecule has 1 saturated heterocycles. The van der Waals surface area contributed by atoms with Crippen molar-refractivity contribution in [1.29, 1.82) is 0 Å². The smallest absolute Gasteiger partial charge is 0.226 e. The Bertz CT molecular complexity index is 725. The molecular weight excluding hydrogens is 326 g/mol. The Morgan fingerprint density at radius 3 is 2.65 bits per heavy atom. The van der Waals surface area contributed by atoms with Crippen molar-refractivity contribution in [2.75, 3.05) is 32.8 Å². The van der Waals surface area contributed by atoms with Crippen LogP contribution in [-0.4, -0.2) is 53.5 Å². The fraction of sp³-hybridized carbons (Fsp3) is 0.429. The van der Waals surface area contributed by atoms with E-state index in [4.69, 9.17) is 4.74 Å². The van der Waals surface area contributed by atoms with Crippen molar-refractivity contribution in [3.05, 3.63) is 59.4 Å². The van der Waals surface area contributed by atoms with Gasteiger partial charge in [-0.05, 0) is 43.2 Å². The molecule has 0 atom stereocenters. The molecule has 5 heteroatoms. The van der Waals surface area contributed by atoms with Crippen LogP contribution in [0.15, 0.2) is 42.6 Å². The fourth-order valence-corrected chi connectivity index (χ4v) is 3.15. The zero-order valence-electron chi connectivity index (χ0n) is 15.6. The number of amides is 1. The van der Waals surface area contributed by atoms with Gasteiger partial charge in [-0.15, -0.1) is 0 Å². The lowest BCUT2D eigenvalue weighted by Crippen LogP contribution is -2.48. The molecule has 0 unspecified atom stereocenters. The predicted molar refractivity (Wildman–Crippen MR) is 102 cm³/mol. The predicted octanol–water partition coefficient (Wildman–Crippen LogP) is 2.81. The first-order valence-electron chi connectivity index (χ1n) is 9.22. The monoisotopic (exact) mass is 353 g/mol. The number of aryl methyl sites for hydroxylation is 2. The maximum Gasteiger partial charge on any atom is 0.226 e. The van der Waals surface area contributed by atoms with Crippen LogP contribution in [0.1, 0.15) is 23.2 Å². The third-order valence-corrected chi connectivity index (χ3v) is 4.75. The van der Waals surface area contributed by atoms with Gasteiger partial charge in [0.1, 0.15) is 5.75 Å². The Kier molecular flexibility index (Phi) is 6.23. The van der Waals surface area contributed by atoms with Gasteiger partial charge < -0.3 is 9.64 Å². The molecule has 0 bridgehead atoms. The molecule has 1 aromatic carbocycles. The van der Waals surface area contributed by atoms with Gasteiger partial charge >= 0.3 is 0 Å². The second-order valence-corrected chi connectivity index (χ2v) is 6.85. The van der Waals surface area contributed by atoms with E-state index in [0.29, 0.717) is 13.0 Å². The number of ether oxygens (including phenoxy) is 1. The van der Waals surface area contributed by atoms with Crippen LogP contribution in [0.5, 0.6) is 5.75 Å². The van der Waals surface area contributed by atoms with Crippen molar-refractivity contribution >= 4 is 5.91 Å². The summed E-state index contributed by atoms with van der Waals surface area (Å²) in [6.45, 7) is 8.67. The van der Waals surface area contributed by atoms with Crippen LogP contribution in [0.2, 0.25) is 0 Å². The van der Waals surface area contributed by atoms with E-state index >= 15 is 0 Å². The quantitative estimate of drug-likeness (QED) is 0.801. The number of hydrogen-bond donors (Lipinski definition) is 0. The van der Waals surface area contributed by atoms with E-state index in [2.05, 4.69) is 16.0 Å². The Labute approximate surface area is 155 Å². The van der Waals surface area contributed by atoms with Crippen LogP contribution in [-0.2, 0) is 11.3 Å². The largest absolute Gasteiger partial charge is 0.493 e. The molecule has 1 aliphatic heterocycles. The zero-order chi connectivity index (χ0) is 18.4. The molecule has 0 aliphatic carbocycles. The van der Waals surface area contributed by atoms with E-state index in [1.807, 2.05) is 55.3 Å². The van der Waals surface area contributed by atoms with Gasteiger partial charge in [-0.3, -0.25) is 14.7 Å². The molecular formula is C21H27N3O2. The van der Waals surface area contributed by atoms with Gasteiger partial charge in [0.05, 0.1) is 18.7 Å². The molecule has 2 heterocycles. The van der Waals surface area contributed by atoms with E-state index in [-0.39, 0.29) is 5.91 Å². The van der Waals surface area contributed by atoms with Gasteiger partial charge in [0, 0.05) is 38.9 Å². The number of piperazine rings is 1. The minimum Gasteiger partial charge on any atom is -0.493 e. The van der Waals surface area contributed by atoms with E-state index in [1.165, 1.54) is 5.56 Å². The fourth-order valence-electron chi connectivity index (χ4n) is 3.15. The number of pyridine rings is 1. The van der Waals surface area contributed by atoms with Crippen LogP contribution in [0.3, 0.4) is 0 Å². The number of nitrogens with zero attached hydrogens (tertiary/aromatic N) is 3. The number of rotatable bonds is 6. The highest BCUT2D eigenvalue weighted by molar-refractivity contribution is 5.76. The molecule has 138 valence electrons. The lowest BCUT2D eigenvalue weighted by molar-refractivity contribution is -0.133. The Morgan fingerprint density at radius 2 is 1.92 bits per heavy atom. The maximum atomic E-state index is 12.4. The molecule has 1 aliphatic rings. The van der Waals surface area contributed by atoms with Crippen molar-refractivity contribution in [3.63, 3.8) is 0 Å². The first-order chi connectivity index (χ1) is 12.6. The first-order valence-corrected chi connectivity index (χ1v) is 9.22. The second kappa shape index (κ2) is 8.81. The van der Waals surface area contributed by atoms with Gasteiger partial charge in [0.25, 0.3) is 0 Å². The van der Waals surface area contributed by atoms with Crippen LogP contribution in [0.4, 0.5) is 0 Å². The molecule has 1 fully saturated rings. The molecule has 5 nitrogen and oxygen atoms in total. The number of benzene rings is 1. The molecule has 0 spiro atoms. The molecule has 0 radical (unpaired) electrons. The normalized spacial score (nSPS) is 15.1. The number of aromatic nitrogens is 1. The summed E-state index contributed by atoms with van der Waals surface area (Å²) in [5.41, 5.74) is 3.35. The van der Waals surface area contributed by atoms with E-state index < -0.39 is 0 Å². The lowest BCUT2D eigenvalue weighted by Gasteiger charge is -2.34. The highest BCUT2D eigenvalue weighted by atomic mass is 16.5. The number of carbonyl (C=O) groups excluding carboxylic acids is 1. The highest BCUT2D eigenvalue weighted by Gasteiger charge is 2.21. The average molecular weight is 353 g/mol. The van der Waals surface area contributed by atoms with Crippen molar-refractivity contribution in [1.82, 2.24) is 14.8 Å². The minimum absolute atomic E-state index is 0.174. The summed E-state index contributed by atoms with van der Waals surface area (Å²) in [5, 5.41) is 0. The van der Waals surface area contributed by atoms with Crippen molar-refractivity contribution < 1.29 is 9.53 Å². The van der Waals surface area contributed by atoms with Gasteiger partial charge in [-0.1, -0.05) is 18.2 Å². The minimum atomic E-state index is 0.174. The molecule has 3 rings (SSSR count). The lowest BCUT2D eigenvalue weighted by atomic mass is 10.1. The molecule has 1 amide bonds. The zero-order valence-corrected chi connectivity index (χ0v) is 15.6. The molecule has 1 aromatic heterocycles. The first kappa shape index (κ1) is 18.4. The summed E-state index contributed by atoms with van der Waals surface area (Å²) < 4.78 is 5.81. The summed E-state index contributed by atoms with van der Waals surface area (Å²) in [4.78, 5) is 21.1. The van der Waals surface area contributed by atoms with Gasteiger partial charge in [-0.2, -0.15) is 0 Å². The summed E-state index contributed by atoms with van der Waals surface area (Å²) in [5.74, 6) is 1.05. The Balaban J connectivity index is 1.40. The number of hydrogen-bond acceptors (Lipinski definition) is 4. The summed E-state index contributed by atoms with van der Waals surface area (Å²) in [6.07, 6.45) is 2.25. The van der Waals surface area contributed by atoms with Crippen molar-refractivity contribution in [2.24, 2.45) is 0 Å².